The van der Waals surface area contributed by atoms with Gasteiger partial charge in [0.2, 0.25) is 0 Å². The van der Waals surface area contributed by atoms with Crippen molar-refractivity contribution in [3.63, 3.8) is 0 Å². The van der Waals surface area contributed by atoms with Crippen molar-refractivity contribution in [3.8, 4) is 17.0 Å². The Morgan fingerprint density at radius 1 is 1.24 bits per heavy atom. The average molecular weight is 287 g/mol. The van der Waals surface area contributed by atoms with Crippen LogP contribution in [0.4, 0.5) is 10.2 Å². The molecule has 0 spiro atoms. The molecule has 3 aromatic rings. The number of hydrogen-bond acceptors (Lipinski definition) is 5. The van der Waals surface area contributed by atoms with E-state index in [4.69, 9.17) is 5.73 Å². The maximum Gasteiger partial charge on any atom is 0.187 e. The summed E-state index contributed by atoms with van der Waals surface area (Å²) < 4.78 is 13.4. The molecule has 0 fully saturated rings. The van der Waals surface area contributed by atoms with Crippen molar-refractivity contribution < 1.29 is 9.50 Å². The van der Waals surface area contributed by atoms with Crippen LogP contribution in [0, 0.1) is 5.82 Å². The molecule has 0 radical (unpaired) electrons. The maximum absolute atomic E-state index is 13.4. The van der Waals surface area contributed by atoms with Gasteiger partial charge in [0.25, 0.3) is 0 Å². The topological polar surface area (TPSA) is 101 Å². The summed E-state index contributed by atoms with van der Waals surface area (Å²) >= 11 is 0. The fourth-order valence-electron chi connectivity index (χ4n) is 2.15. The highest BCUT2D eigenvalue weighted by atomic mass is 19.1. The quantitative estimate of drug-likeness (QED) is 0.672. The fraction of sp³-hybridized carbons (Fsp3) is 0.214. The van der Waals surface area contributed by atoms with Crippen LogP contribution in [0.15, 0.2) is 18.2 Å². The number of aromatic amines is 1. The Bertz CT molecular complexity index is 807. The van der Waals surface area contributed by atoms with E-state index < -0.39 is 5.82 Å². The lowest BCUT2D eigenvalue weighted by Gasteiger charge is -2.06. The molecule has 4 N–H and O–H groups in total. The summed E-state index contributed by atoms with van der Waals surface area (Å²) in [6, 6.07) is 3.73. The predicted octanol–water partition coefficient (Wildman–Crippen LogP) is 2.57. The highest BCUT2D eigenvalue weighted by Gasteiger charge is 2.16. The summed E-state index contributed by atoms with van der Waals surface area (Å²) in [5.74, 6) is 0.267. The highest BCUT2D eigenvalue weighted by Crippen LogP contribution is 2.31. The van der Waals surface area contributed by atoms with Gasteiger partial charge in [-0.3, -0.25) is 5.10 Å². The number of aromatic nitrogens is 4. The van der Waals surface area contributed by atoms with Gasteiger partial charge in [-0.1, -0.05) is 13.8 Å². The third-order valence-corrected chi connectivity index (χ3v) is 3.15. The molecule has 0 bridgehead atoms. The summed E-state index contributed by atoms with van der Waals surface area (Å²) in [6.45, 7) is 3.91. The summed E-state index contributed by atoms with van der Waals surface area (Å²) in [7, 11) is 0. The zero-order valence-electron chi connectivity index (χ0n) is 11.6. The van der Waals surface area contributed by atoms with Crippen molar-refractivity contribution in [2.75, 3.05) is 5.73 Å². The van der Waals surface area contributed by atoms with Crippen molar-refractivity contribution in [2.24, 2.45) is 0 Å². The Hall–Kier alpha value is -2.70. The number of H-pyrrole nitrogens is 1. The monoisotopic (exact) mass is 287 g/mol. The first kappa shape index (κ1) is 13.3. The minimum absolute atomic E-state index is 0.120. The number of nitrogens with zero attached hydrogens (tertiary/aromatic N) is 3. The Labute approximate surface area is 119 Å². The van der Waals surface area contributed by atoms with E-state index in [-0.39, 0.29) is 17.5 Å². The number of nitrogens with two attached hydrogens (primary N) is 1. The van der Waals surface area contributed by atoms with Gasteiger partial charge in [0.15, 0.2) is 5.65 Å². The number of halogens is 1. The lowest BCUT2D eigenvalue weighted by atomic mass is 10.1. The van der Waals surface area contributed by atoms with Gasteiger partial charge in [0, 0.05) is 17.5 Å². The van der Waals surface area contributed by atoms with Gasteiger partial charge < -0.3 is 10.8 Å². The van der Waals surface area contributed by atoms with E-state index in [2.05, 4.69) is 20.2 Å². The standard InChI is InChI=1S/C14H14FN5O/c1-6(2)13-17-12(16)10-11(19-20-14(10)18-13)7-3-8(15)5-9(21)4-7/h3-6,21H,1-2H3,(H3,16,17,18,19,20). The summed E-state index contributed by atoms with van der Waals surface area (Å²) in [6.07, 6.45) is 0. The molecule has 2 heterocycles. The normalized spacial score (nSPS) is 11.4. The van der Waals surface area contributed by atoms with Gasteiger partial charge in [0.05, 0.1) is 11.1 Å². The molecule has 0 saturated carbocycles. The molecule has 1 aromatic carbocycles. The van der Waals surface area contributed by atoms with Crippen molar-refractivity contribution in [1.29, 1.82) is 0 Å². The molecule has 108 valence electrons. The van der Waals surface area contributed by atoms with E-state index >= 15 is 0 Å². The number of fused-ring (bicyclic) bond motifs is 1. The van der Waals surface area contributed by atoms with Gasteiger partial charge in [-0.15, -0.1) is 0 Å². The van der Waals surface area contributed by atoms with Crippen molar-refractivity contribution in [1.82, 2.24) is 20.2 Å². The molecule has 7 heteroatoms. The van der Waals surface area contributed by atoms with Crippen molar-refractivity contribution in [3.05, 3.63) is 29.8 Å². The van der Waals surface area contributed by atoms with Crippen molar-refractivity contribution in [2.45, 2.75) is 19.8 Å². The summed E-state index contributed by atoms with van der Waals surface area (Å²) in [5.41, 5.74) is 7.32. The number of nitrogen functional groups attached to an aromatic ring is 1. The molecule has 0 amide bonds. The molecule has 0 atom stereocenters. The minimum atomic E-state index is -0.550. The third-order valence-electron chi connectivity index (χ3n) is 3.15. The summed E-state index contributed by atoms with van der Waals surface area (Å²) in [4.78, 5) is 8.59. The minimum Gasteiger partial charge on any atom is -0.508 e. The first-order valence-corrected chi connectivity index (χ1v) is 6.47. The van der Waals surface area contributed by atoms with E-state index in [1.165, 1.54) is 12.1 Å². The van der Waals surface area contributed by atoms with E-state index in [1.807, 2.05) is 13.8 Å². The maximum atomic E-state index is 13.4. The van der Waals surface area contributed by atoms with Gasteiger partial charge in [-0.25, -0.2) is 14.4 Å². The summed E-state index contributed by atoms with van der Waals surface area (Å²) in [5, 5.41) is 16.9. The molecule has 0 aliphatic rings. The number of aromatic hydroxyl groups is 1. The molecule has 3 rings (SSSR count). The lowest BCUT2D eigenvalue weighted by molar-refractivity contribution is 0.469. The van der Waals surface area contributed by atoms with Crippen LogP contribution in [0.25, 0.3) is 22.3 Å². The number of phenolic OH excluding ortho intramolecular Hbond substituents is 1. The second kappa shape index (κ2) is 4.69. The number of phenols is 1. The Balaban J connectivity index is 2.25. The molecule has 6 nitrogen and oxygen atoms in total. The van der Waals surface area contributed by atoms with Crippen LogP contribution in [0.1, 0.15) is 25.6 Å². The highest BCUT2D eigenvalue weighted by molar-refractivity contribution is 5.98. The Kier molecular flexibility index (Phi) is 2.97. The number of nitrogens with one attached hydrogen (secondary N) is 1. The second-order valence-corrected chi connectivity index (χ2v) is 5.12. The molecule has 2 aromatic heterocycles. The van der Waals surface area contributed by atoms with E-state index in [0.29, 0.717) is 28.1 Å². The molecule has 21 heavy (non-hydrogen) atoms. The van der Waals surface area contributed by atoms with Gasteiger partial charge in [0.1, 0.15) is 23.2 Å². The van der Waals surface area contributed by atoms with E-state index in [1.54, 1.807) is 0 Å². The number of anilines is 1. The molecule has 0 unspecified atom stereocenters. The SMILES string of the molecule is CC(C)c1nc(N)c2c(-c3cc(O)cc(F)c3)[nH]nc2n1. The number of benzene rings is 1. The third kappa shape index (κ3) is 2.26. The Morgan fingerprint density at radius 2 is 2.00 bits per heavy atom. The molecular formula is C14H14FN5O. The molecular weight excluding hydrogens is 273 g/mol. The van der Waals surface area contributed by atoms with Crippen LogP contribution in [0.5, 0.6) is 5.75 Å². The lowest BCUT2D eigenvalue weighted by Crippen LogP contribution is -2.02. The van der Waals surface area contributed by atoms with Gasteiger partial charge >= 0.3 is 0 Å². The number of rotatable bonds is 2. The van der Waals surface area contributed by atoms with Crippen LogP contribution in [0.3, 0.4) is 0 Å². The zero-order valence-corrected chi connectivity index (χ0v) is 11.6. The zero-order chi connectivity index (χ0) is 15.1. The van der Waals surface area contributed by atoms with Crippen LogP contribution in [-0.2, 0) is 0 Å². The Morgan fingerprint density at radius 3 is 2.67 bits per heavy atom. The number of hydrogen-bond donors (Lipinski definition) is 3. The van der Waals surface area contributed by atoms with Crippen molar-refractivity contribution >= 4 is 16.9 Å². The first-order chi connectivity index (χ1) is 9.95. The largest absolute Gasteiger partial charge is 0.508 e. The fourth-order valence-corrected chi connectivity index (χ4v) is 2.15. The predicted molar refractivity (Wildman–Crippen MR) is 77.2 cm³/mol. The van der Waals surface area contributed by atoms with Crippen LogP contribution in [-0.4, -0.2) is 25.3 Å². The molecule has 0 aliphatic heterocycles. The van der Waals surface area contributed by atoms with Gasteiger partial charge in [-0.2, -0.15) is 5.10 Å². The van der Waals surface area contributed by atoms with Gasteiger partial charge in [-0.05, 0) is 12.1 Å². The molecule has 0 saturated heterocycles. The first-order valence-electron chi connectivity index (χ1n) is 6.47. The van der Waals surface area contributed by atoms with E-state index in [9.17, 15) is 9.50 Å². The average Bonchev–Trinajstić information content (AvgIpc) is 2.81. The van der Waals surface area contributed by atoms with Crippen LogP contribution in [0.2, 0.25) is 0 Å². The van der Waals surface area contributed by atoms with Crippen LogP contribution >= 0.6 is 0 Å². The smallest absolute Gasteiger partial charge is 0.187 e. The van der Waals surface area contributed by atoms with Crippen LogP contribution < -0.4 is 5.73 Å². The molecule has 0 aliphatic carbocycles. The van der Waals surface area contributed by atoms with E-state index in [0.717, 1.165) is 6.07 Å². The second-order valence-electron chi connectivity index (χ2n) is 5.12.